The van der Waals surface area contributed by atoms with Crippen LogP contribution >= 0.6 is 11.3 Å². The van der Waals surface area contributed by atoms with E-state index in [0.717, 1.165) is 21.7 Å². The number of thiazole rings is 1. The molecule has 0 aliphatic carbocycles. The first kappa shape index (κ1) is 21.9. The van der Waals surface area contributed by atoms with Gasteiger partial charge in [-0.2, -0.15) is 0 Å². The number of likely N-dealkylation sites (tertiary alicyclic amines) is 1. The van der Waals surface area contributed by atoms with E-state index in [2.05, 4.69) is 10.3 Å². The summed E-state index contributed by atoms with van der Waals surface area (Å²) in [7, 11) is 0. The van der Waals surface area contributed by atoms with Gasteiger partial charge in [-0.25, -0.2) is 9.88 Å². The first-order chi connectivity index (χ1) is 13.6. The number of nitrogens with one attached hydrogen (secondary N) is 1. The predicted molar refractivity (Wildman–Crippen MR) is 112 cm³/mol. The van der Waals surface area contributed by atoms with Crippen LogP contribution in [0.15, 0.2) is 29.8 Å². The normalized spacial score (nSPS) is 21.3. The summed E-state index contributed by atoms with van der Waals surface area (Å²) < 4.78 is 5.56. The van der Waals surface area contributed by atoms with Gasteiger partial charge in [0.2, 0.25) is 12.3 Å². The summed E-state index contributed by atoms with van der Waals surface area (Å²) in [6.07, 6.45) is -1.66. The second kappa shape index (κ2) is 8.89. The Hall–Kier alpha value is -1.84. The highest BCUT2D eigenvalue weighted by molar-refractivity contribution is 7.13. The average molecular weight is 420 g/mol. The van der Waals surface area contributed by atoms with Crippen molar-refractivity contribution >= 4 is 17.2 Å². The van der Waals surface area contributed by atoms with Crippen LogP contribution in [0.3, 0.4) is 0 Å². The van der Waals surface area contributed by atoms with Crippen molar-refractivity contribution in [3.8, 4) is 10.4 Å². The standard InChI is InChI=1S/C21H29N3O4S/c1-13-18(29-12-23-13)15-7-5-14(6-8-15)10-22-19(26)17-9-16(25)11-24(17)20(27)28-21(2,3)4/h5-8,12,16-17,20,25,27H,9-11H2,1-4H3,(H,22,26). The molecule has 1 aliphatic rings. The highest BCUT2D eigenvalue weighted by Crippen LogP contribution is 2.27. The number of nitrogens with zero attached hydrogens (tertiary/aromatic N) is 2. The third-order valence-corrected chi connectivity index (χ3v) is 5.77. The molecule has 1 fully saturated rings. The Labute approximate surface area is 175 Å². The third-order valence-electron chi connectivity index (χ3n) is 4.79. The molecule has 0 radical (unpaired) electrons. The molecule has 1 aliphatic heterocycles. The lowest BCUT2D eigenvalue weighted by Gasteiger charge is -2.32. The Morgan fingerprint density at radius 3 is 2.66 bits per heavy atom. The molecule has 3 N–H and O–H groups in total. The Bertz CT molecular complexity index is 831. The minimum Gasteiger partial charge on any atom is -0.392 e. The largest absolute Gasteiger partial charge is 0.392 e. The Balaban J connectivity index is 1.60. The first-order valence-corrected chi connectivity index (χ1v) is 10.6. The number of aryl methyl sites for hydroxylation is 1. The first-order valence-electron chi connectivity index (χ1n) is 9.71. The molecule has 0 saturated carbocycles. The molecule has 158 valence electrons. The van der Waals surface area contributed by atoms with E-state index in [-0.39, 0.29) is 18.9 Å². The maximum Gasteiger partial charge on any atom is 0.237 e. The van der Waals surface area contributed by atoms with Crippen molar-refractivity contribution in [2.24, 2.45) is 0 Å². The van der Waals surface area contributed by atoms with Crippen LogP contribution in [-0.4, -0.2) is 56.7 Å². The lowest BCUT2D eigenvalue weighted by atomic mass is 10.1. The highest BCUT2D eigenvalue weighted by atomic mass is 32.1. The zero-order valence-corrected chi connectivity index (χ0v) is 18.1. The number of hydrogen-bond acceptors (Lipinski definition) is 7. The molecule has 3 rings (SSSR count). The van der Waals surface area contributed by atoms with Crippen LogP contribution in [-0.2, 0) is 16.1 Å². The van der Waals surface area contributed by atoms with Crippen LogP contribution in [0, 0.1) is 6.92 Å². The van der Waals surface area contributed by atoms with Crippen LogP contribution in [0.25, 0.3) is 10.4 Å². The van der Waals surface area contributed by atoms with Gasteiger partial charge < -0.3 is 20.3 Å². The van der Waals surface area contributed by atoms with E-state index in [1.165, 1.54) is 4.90 Å². The minimum atomic E-state index is -1.25. The van der Waals surface area contributed by atoms with E-state index in [1.807, 2.05) is 57.5 Å². The fourth-order valence-electron chi connectivity index (χ4n) is 3.38. The van der Waals surface area contributed by atoms with E-state index in [4.69, 9.17) is 4.74 Å². The maximum absolute atomic E-state index is 12.7. The molecule has 0 spiro atoms. The van der Waals surface area contributed by atoms with Crippen molar-refractivity contribution in [2.75, 3.05) is 6.54 Å². The van der Waals surface area contributed by atoms with Crippen LogP contribution in [0.1, 0.15) is 38.4 Å². The fraction of sp³-hybridized carbons (Fsp3) is 0.524. The molecule has 29 heavy (non-hydrogen) atoms. The second-order valence-electron chi connectivity index (χ2n) is 8.34. The Morgan fingerprint density at radius 2 is 2.07 bits per heavy atom. The smallest absolute Gasteiger partial charge is 0.237 e. The minimum absolute atomic E-state index is 0.193. The maximum atomic E-state index is 12.7. The van der Waals surface area contributed by atoms with Crippen LogP contribution in [0.4, 0.5) is 0 Å². The van der Waals surface area contributed by atoms with E-state index >= 15 is 0 Å². The van der Waals surface area contributed by atoms with Gasteiger partial charge in [-0.3, -0.25) is 4.79 Å². The van der Waals surface area contributed by atoms with Gasteiger partial charge in [0.05, 0.1) is 33.8 Å². The Kier molecular flexibility index (Phi) is 6.70. The third kappa shape index (κ3) is 5.61. The summed E-state index contributed by atoms with van der Waals surface area (Å²) in [5.74, 6) is -0.236. The number of ether oxygens (including phenoxy) is 1. The number of aromatic nitrogens is 1. The summed E-state index contributed by atoms with van der Waals surface area (Å²) in [5, 5.41) is 23.3. The van der Waals surface area contributed by atoms with Crippen molar-refractivity contribution in [1.29, 1.82) is 0 Å². The second-order valence-corrected chi connectivity index (χ2v) is 9.20. The average Bonchev–Trinajstić information content (AvgIpc) is 3.24. The number of carbonyl (C=O) groups is 1. The lowest BCUT2D eigenvalue weighted by molar-refractivity contribution is -0.242. The van der Waals surface area contributed by atoms with Crippen molar-refractivity contribution in [1.82, 2.24) is 15.2 Å². The zero-order valence-electron chi connectivity index (χ0n) is 17.3. The summed E-state index contributed by atoms with van der Waals surface area (Å²) in [4.78, 5) is 19.6. The van der Waals surface area contributed by atoms with Gasteiger partial charge in [-0.05, 0) is 45.2 Å². The number of benzene rings is 1. The Morgan fingerprint density at radius 1 is 1.38 bits per heavy atom. The molecule has 1 aromatic carbocycles. The predicted octanol–water partition coefficient (Wildman–Crippen LogP) is 2.26. The van der Waals surface area contributed by atoms with Gasteiger partial charge in [0, 0.05) is 13.1 Å². The van der Waals surface area contributed by atoms with E-state index in [0.29, 0.717) is 6.54 Å². The summed E-state index contributed by atoms with van der Waals surface area (Å²) in [6, 6.07) is 7.37. The van der Waals surface area contributed by atoms with Crippen molar-refractivity contribution in [3.63, 3.8) is 0 Å². The topological polar surface area (TPSA) is 94.9 Å². The number of hydrogen-bond donors (Lipinski definition) is 3. The van der Waals surface area contributed by atoms with Gasteiger partial charge in [0.25, 0.3) is 0 Å². The number of amides is 1. The molecule has 3 unspecified atom stereocenters. The molecule has 8 heteroatoms. The monoisotopic (exact) mass is 419 g/mol. The number of aliphatic hydroxyl groups is 2. The van der Waals surface area contributed by atoms with E-state index < -0.39 is 24.2 Å². The zero-order chi connectivity index (χ0) is 21.2. The number of β-amino-alcohol motifs (C(OH)–C–C–N with tert-alkyl or cyclic N) is 1. The summed E-state index contributed by atoms with van der Waals surface area (Å²) in [6.45, 7) is 8.04. The number of carbonyl (C=O) groups excluding carboxylic acids is 1. The van der Waals surface area contributed by atoms with Gasteiger partial charge in [-0.1, -0.05) is 24.3 Å². The molecule has 3 atom stereocenters. The molecule has 0 bridgehead atoms. The molecule has 2 aromatic rings. The van der Waals surface area contributed by atoms with E-state index in [9.17, 15) is 15.0 Å². The van der Waals surface area contributed by atoms with Gasteiger partial charge >= 0.3 is 0 Å². The van der Waals surface area contributed by atoms with Gasteiger partial charge in [0.1, 0.15) is 0 Å². The SMILES string of the molecule is Cc1ncsc1-c1ccc(CNC(=O)C2CC(O)CN2C(O)OC(C)(C)C)cc1. The van der Waals surface area contributed by atoms with Crippen LogP contribution in [0.5, 0.6) is 0 Å². The molecule has 1 saturated heterocycles. The molecule has 2 heterocycles. The summed E-state index contributed by atoms with van der Waals surface area (Å²) >= 11 is 1.60. The molecular formula is C21H29N3O4S. The van der Waals surface area contributed by atoms with Gasteiger partial charge in [0.15, 0.2) is 0 Å². The van der Waals surface area contributed by atoms with Crippen LogP contribution < -0.4 is 5.32 Å². The number of rotatable bonds is 6. The number of aliphatic hydroxyl groups excluding tert-OH is 2. The highest BCUT2D eigenvalue weighted by Gasteiger charge is 2.40. The van der Waals surface area contributed by atoms with Crippen LogP contribution in [0.2, 0.25) is 0 Å². The molecular weight excluding hydrogens is 390 g/mol. The van der Waals surface area contributed by atoms with Crippen molar-refractivity contribution in [3.05, 3.63) is 41.0 Å². The summed E-state index contributed by atoms with van der Waals surface area (Å²) in [5.41, 5.74) is 4.35. The molecule has 1 aromatic heterocycles. The molecule has 1 amide bonds. The van der Waals surface area contributed by atoms with Crippen molar-refractivity contribution in [2.45, 2.75) is 64.8 Å². The molecule has 7 nitrogen and oxygen atoms in total. The van der Waals surface area contributed by atoms with E-state index in [1.54, 1.807) is 11.3 Å². The lowest BCUT2D eigenvalue weighted by Crippen LogP contribution is -2.50. The van der Waals surface area contributed by atoms with Gasteiger partial charge in [-0.15, -0.1) is 11.3 Å². The fourth-order valence-corrected chi connectivity index (χ4v) is 4.20. The quantitative estimate of drug-likeness (QED) is 0.622. The van der Waals surface area contributed by atoms with Crippen molar-refractivity contribution < 1.29 is 19.7 Å².